The fourth-order valence-electron chi connectivity index (χ4n) is 1.68. The summed E-state index contributed by atoms with van der Waals surface area (Å²) < 4.78 is 14.5. The van der Waals surface area contributed by atoms with Crippen molar-refractivity contribution in [3.63, 3.8) is 0 Å². The molecule has 1 N–H and O–H groups in total. The van der Waals surface area contributed by atoms with Gasteiger partial charge in [-0.15, -0.1) is 0 Å². The van der Waals surface area contributed by atoms with Gasteiger partial charge in [0, 0.05) is 17.1 Å². The van der Waals surface area contributed by atoms with Crippen molar-refractivity contribution in [2.24, 2.45) is 0 Å². The van der Waals surface area contributed by atoms with E-state index < -0.39 is 0 Å². The zero-order chi connectivity index (χ0) is 12.5. The number of fused-ring (bicyclic) bond motifs is 1. The van der Waals surface area contributed by atoms with Crippen molar-refractivity contribution >= 4 is 23.1 Å². The number of benzene rings is 1. The zero-order valence-corrected chi connectivity index (χ0v) is 10.4. The number of carbonyl (C=O) groups is 1. The highest BCUT2D eigenvalue weighted by atomic mass is 32.1. The molecule has 5 nitrogen and oxygen atoms in total. The minimum Gasteiger partial charge on any atom is -0.454 e. The highest BCUT2D eigenvalue weighted by molar-refractivity contribution is 7.04. The van der Waals surface area contributed by atoms with E-state index in [1.807, 2.05) is 6.92 Å². The Morgan fingerprint density at radius 1 is 1.39 bits per heavy atom. The molecule has 3 rings (SSSR count). The van der Waals surface area contributed by atoms with Crippen molar-refractivity contribution in [2.75, 3.05) is 12.1 Å². The molecule has 6 heteroatoms. The van der Waals surface area contributed by atoms with E-state index in [4.69, 9.17) is 9.47 Å². The second kappa shape index (κ2) is 4.30. The third-order valence-electron chi connectivity index (χ3n) is 2.63. The fraction of sp³-hybridized carbons (Fsp3) is 0.167. The molecular weight excluding hydrogens is 252 g/mol. The van der Waals surface area contributed by atoms with Crippen molar-refractivity contribution in [3.05, 3.63) is 34.8 Å². The van der Waals surface area contributed by atoms with E-state index in [9.17, 15) is 4.79 Å². The smallest absolute Gasteiger partial charge is 0.258 e. The first-order valence-electron chi connectivity index (χ1n) is 5.36. The lowest BCUT2D eigenvalue weighted by molar-refractivity contribution is 0.102. The van der Waals surface area contributed by atoms with E-state index in [0.29, 0.717) is 22.7 Å². The van der Waals surface area contributed by atoms with Crippen molar-refractivity contribution in [1.82, 2.24) is 4.37 Å². The summed E-state index contributed by atoms with van der Waals surface area (Å²) in [5, 5.41) is 4.54. The summed E-state index contributed by atoms with van der Waals surface area (Å²) in [4.78, 5) is 12.0. The summed E-state index contributed by atoms with van der Waals surface area (Å²) in [6.07, 6.45) is 0. The standard InChI is InChI=1S/C12H10N2O3S/c1-7-9(5-18-14-7)12(15)13-8-2-3-10-11(4-8)17-6-16-10/h2-5H,6H2,1H3,(H,13,15). The van der Waals surface area contributed by atoms with E-state index >= 15 is 0 Å². The summed E-state index contributed by atoms with van der Waals surface area (Å²) in [6, 6.07) is 5.30. The predicted octanol–water partition coefficient (Wildman–Crippen LogP) is 2.43. The Hall–Kier alpha value is -2.08. The van der Waals surface area contributed by atoms with Crippen molar-refractivity contribution in [1.29, 1.82) is 0 Å². The number of hydrogen-bond donors (Lipinski definition) is 1. The number of carbonyl (C=O) groups excluding carboxylic acids is 1. The predicted molar refractivity (Wildman–Crippen MR) is 67.4 cm³/mol. The Morgan fingerprint density at radius 2 is 2.22 bits per heavy atom. The van der Waals surface area contributed by atoms with Gasteiger partial charge in [-0.1, -0.05) is 0 Å². The van der Waals surface area contributed by atoms with Gasteiger partial charge in [0.1, 0.15) is 0 Å². The van der Waals surface area contributed by atoms with Crippen LogP contribution in [0.1, 0.15) is 16.1 Å². The lowest BCUT2D eigenvalue weighted by atomic mass is 10.2. The van der Waals surface area contributed by atoms with E-state index in [1.165, 1.54) is 11.5 Å². The van der Waals surface area contributed by atoms with E-state index in [0.717, 1.165) is 5.69 Å². The van der Waals surface area contributed by atoms with E-state index in [-0.39, 0.29) is 12.7 Å². The van der Waals surface area contributed by atoms with E-state index in [1.54, 1.807) is 23.6 Å². The molecule has 1 aromatic heterocycles. The highest BCUT2D eigenvalue weighted by Crippen LogP contribution is 2.34. The van der Waals surface area contributed by atoms with Crippen LogP contribution in [0.25, 0.3) is 0 Å². The first-order valence-corrected chi connectivity index (χ1v) is 6.19. The number of anilines is 1. The molecular formula is C12H10N2O3S. The maximum Gasteiger partial charge on any atom is 0.258 e. The zero-order valence-electron chi connectivity index (χ0n) is 9.60. The average Bonchev–Trinajstić information content (AvgIpc) is 2.96. The maximum absolute atomic E-state index is 12.0. The van der Waals surface area contributed by atoms with Gasteiger partial charge in [-0.3, -0.25) is 4.79 Å². The Kier molecular flexibility index (Phi) is 2.64. The van der Waals surface area contributed by atoms with Gasteiger partial charge in [-0.25, -0.2) is 0 Å². The number of rotatable bonds is 2. The maximum atomic E-state index is 12.0. The molecule has 0 bridgehead atoms. The molecule has 0 atom stereocenters. The Balaban J connectivity index is 1.81. The lowest BCUT2D eigenvalue weighted by Gasteiger charge is -2.05. The summed E-state index contributed by atoms with van der Waals surface area (Å²) in [5.41, 5.74) is 2.01. The van der Waals surface area contributed by atoms with Crippen LogP contribution in [0.4, 0.5) is 5.69 Å². The van der Waals surface area contributed by atoms with Crippen LogP contribution < -0.4 is 14.8 Å². The van der Waals surface area contributed by atoms with Gasteiger partial charge in [0.2, 0.25) is 6.79 Å². The molecule has 1 aliphatic rings. The van der Waals surface area contributed by atoms with Gasteiger partial charge < -0.3 is 14.8 Å². The minimum absolute atomic E-state index is 0.167. The van der Waals surface area contributed by atoms with Crippen molar-refractivity contribution < 1.29 is 14.3 Å². The number of ether oxygens (including phenoxy) is 2. The van der Waals surface area contributed by atoms with Crippen molar-refractivity contribution in [3.8, 4) is 11.5 Å². The van der Waals surface area contributed by atoms with Crippen LogP contribution >= 0.6 is 11.5 Å². The van der Waals surface area contributed by atoms with Gasteiger partial charge in [0.05, 0.1) is 11.3 Å². The van der Waals surface area contributed by atoms with Gasteiger partial charge in [0.25, 0.3) is 5.91 Å². The summed E-state index contributed by atoms with van der Waals surface area (Å²) in [7, 11) is 0. The van der Waals surface area contributed by atoms with Gasteiger partial charge in [-0.05, 0) is 30.6 Å². The topological polar surface area (TPSA) is 60.5 Å². The van der Waals surface area contributed by atoms with Crippen LogP contribution in [0.5, 0.6) is 11.5 Å². The molecule has 1 aromatic carbocycles. The Labute approximate surface area is 108 Å². The van der Waals surface area contributed by atoms with Crippen LogP contribution in [0.2, 0.25) is 0 Å². The molecule has 18 heavy (non-hydrogen) atoms. The summed E-state index contributed by atoms with van der Waals surface area (Å²) in [5.74, 6) is 1.18. The number of hydrogen-bond acceptors (Lipinski definition) is 5. The molecule has 0 spiro atoms. The third-order valence-corrected chi connectivity index (χ3v) is 3.35. The number of amides is 1. The molecule has 92 valence electrons. The SMILES string of the molecule is Cc1nscc1C(=O)Nc1ccc2c(c1)OCO2. The molecule has 0 unspecified atom stereocenters. The van der Waals surface area contributed by atoms with Crippen LogP contribution in [0.3, 0.4) is 0 Å². The fourth-order valence-corrected chi connectivity index (χ4v) is 2.38. The number of aryl methyl sites for hydroxylation is 1. The van der Waals surface area contributed by atoms with Crippen LogP contribution in [-0.2, 0) is 0 Å². The molecule has 0 fully saturated rings. The van der Waals surface area contributed by atoms with Crippen LogP contribution in [-0.4, -0.2) is 17.1 Å². The van der Waals surface area contributed by atoms with Crippen LogP contribution in [0, 0.1) is 6.92 Å². The first-order chi connectivity index (χ1) is 8.74. The second-order valence-corrected chi connectivity index (χ2v) is 4.46. The monoisotopic (exact) mass is 262 g/mol. The average molecular weight is 262 g/mol. The minimum atomic E-state index is -0.167. The van der Waals surface area contributed by atoms with Gasteiger partial charge in [0.15, 0.2) is 11.5 Å². The summed E-state index contributed by atoms with van der Waals surface area (Å²) >= 11 is 1.27. The molecule has 2 aromatic rings. The Bertz CT molecular complexity index is 609. The summed E-state index contributed by atoms with van der Waals surface area (Å²) in [6.45, 7) is 2.03. The second-order valence-electron chi connectivity index (χ2n) is 3.84. The number of nitrogens with one attached hydrogen (secondary N) is 1. The molecule has 0 saturated heterocycles. The molecule has 0 saturated carbocycles. The number of aromatic nitrogens is 1. The Morgan fingerprint density at radius 3 is 3.00 bits per heavy atom. The normalized spacial score (nSPS) is 12.5. The third kappa shape index (κ3) is 1.91. The number of nitrogens with zero attached hydrogens (tertiary/aromatic N) is 1. The largest absolute Gasteiger partial charge is 0.454 e. The molecule has 1 amide bonds. The molecule has 1 aliphatic heterocycles. The van der Waals surface area contributed by atoms with E-state index in [2.05, 4.69) is 9.69 Å². The quantitative estimate of drug-likeness (QED) is 0.903. The molecule has 0 aliphatic carbocycles. The first kappa shape index (κ1) is 11.0. The van der Waals surface area contributed by atoms with Crippen LogP contribution in [0.15, 0.2) is 23.6 Å². The molecule has 0 radical (unpaired) electrons. The highest BCUT2D eigenvalue weighted by Gasteiger charge is 2.15. The van der Waals surface area contributed by atoms with Gasteiger partial charge in [-0.2, -0.15) is 4.37 Å². The van der Waals surface area contributed by atoms with Crippen molar-refractivity contribution in [2.45, 2.75) is 6.92 Å². The lowest BCUT2D eigenvalue weighted by Crippen LogP contribution is -2.12. The molecule has 2 heterocycles. The van der Waals surface area contributed by atoms with Gasteiger partial charge >= 0.3 is 0 Å².